The van der Waals surface area contributed by atoms with E-state index in [9.17, 15) is 0 Å². The lowest BCUT2D eigenvalue weighted by atomic mass is 9.84. The van der Waals surface area contributed by atoms with Crippen molar-refractivity contribution in [2.75, 3.05) is 0 Å². The predicted octanol–water partition coefficient (Wildman–Crippen LogP) is 14.7. The average Bonchev–Trinajstić information content (AvgIpc) is 3.23. The molecule has 0 unspecified atom stereocenters. The van der Waals surface area contributed by atoms with E-state index in [1.807, 2.05) is 0 Å². The topological polar surface area (TPSA) is 9.23 Å². The molecule has 1 nitrogen and oxygen atoms in total. The molecule has 53 heavy (non-hydrogen) atoms. The van der Waals surface area contributed by atoms with Gasteiger partial charge >= 0.3 is 0 Å². The van der Waals surface area contributed by atoms with Crippen molar-refractivity contribution in [3.8, 4) is 67.1 Å². The van der Waals surface area contributed by atoms with Gasteiger partial charge in [-0.25, -0.2) is 0 Å². The Kier molecular flexibility index (Phi) is 6.62. The zero-order chi connectivity index (χ0) is 34.9. The fraction of sp³-hybridized carbons (Fsp3) is 0. The SMILES string of the molecule is c1ccc(-c2ccc(-c3ccc4c(c3)-c3cccc5c(-c6ccccc6)ccc(c35)O4)cc2-c2c3ccccc3cc3c2ccc2ccccc23)cc1. The molecular formula is C52H32O. The Morgan fingerprint density at radius 1 is 0.264 bits per heavy atom. The van der Waals surface area contributed by atoms with Crippen LogP contribution < -0.4 is 4.74 Å². The molecule has 1 heteroatoms. The van der Waals surface area contributed by atoms with E-state index in [1.165, 1.54) is 82.2 Å². The van der Waals surface area contributed by atoms with Gasteiger partial charge in [-0.05, 0) is 118 Å². The first kappa shape index (κ1) is 29.7. The molecule has 0 aliphatic carbocycles. The van der Waals surface area contributed by atoms with Gasteiger partial charge in [0.2, 0.25) is 0 Å². The first-order valence-corrected chi connectivity index (χ1v) is 18.3. The quantitative estimate of drug-likeness (QED) is 0.134. The summed E-state index contributed by atoms with van der Waals surface area (Å²) in [6.45, 7) is 0. The molecule has 0 amide bonds. The summed E-state index contributed by atoms with van der Waals surface area (Å²) < 4.78 is 6.63. The number of rotatable bonds is 4. The van der Waals surface area contributed by atoms with E-state index >= 15 is 0 Å². The van der Waals surface area contributed by atoms with Crippen molar-refractivity contribution in [1.82, 2.24) is 0 Å². The molecule has 10 aromatic rings. The van der Waals surface area contributed by atoms with Gasteiger partial charge in [0.1, 0.15) is 11.5 Å². The second kappa shape index (κ2) is 11.8. The zero-order valence-corrected chi connectivity index (χ0v) is 28.9. The van der Waals surface area contributed by atoms with Crippen LogP contribution in [0.3, 0.4) is 0 Å². The molecule has 246 valence electrons. The van der Waals surface area contributed by atoms with Gasteiger partial charge in [-0.2, -0.15) is 0 Å². The van der Waals surface area contributed by atoms with Crippen LogP contribution in [0.5, 0.6) is 11.5 Å². The molecule has 1 aliphatic rings. The van der Waals surface area contributed by atoms with Gasteiger partial charge in [0.25, 0.3) is 0 Å². The van der Waals surface area contributed by atoms with Gasteiger partial charge in [0.15, 0.2) is 0 Å². The highest BCUT2D eigenvalue weighted by atomic mass is 16.5. The van der Waals surface area contributed by atoms with E-state index in [1.54, 1.807) is 0 Å². The summed E-state index contributed by atoms with van der Waals surface area (Å²) in [5, 5.41) is 9.90. The van der Waals surface area contributed by atoms with Crippen LogP contribution >= 0.6 is 0 Å². The first-order valence-electron chi connectivity index (χ1n) is 18.3. The lowest BCUT2D eigenvalue weighted by molar-refractivity contribution is 0.487. The van der Waals surface area contributed by atoms with Crippen molar-refractivity contribution in [2.24, 2.45) is 0 Å². The highest BCUT2D eigenvalue weighted by molar-refractivity contribution is 6.21. The molecule has 0 atom stereocenters. The Morgan fingerprint density at radius 2 is 0.887 bits per heavy atom. The van der Waals surface area contributed by atoms with Gasteiger partial charge in [-0.1, -0.05) is 164 Å². The number of benzene rings is 10. The van der Waals surface area contributed by atoms with Crippen LogP contribution in [0, 0.1) is 0 Å². The molecule has 0 radical (unpaired) electrons. The number of hydrogen-bond donors (Lipinski definition) is 0. The van der Waals surface area contributed by atoms with Crippen LogP contribution in [0.15, 0.2) is 194 Å². The minimum atomic E-state index is 0.884. The highest BCUT2D eigenvalue weighted by Gasteiger charge is 2.23. The van der Waals surface area contributed by atoms with Crippen LogP contribution in [-0.2, 0) is 0 Å². The van der Waals surface area contributed by atoms with Crippen molar-refractivity contribution in [3.05, 3.63) is 194 Å². The van der Waals surface area contributed by atoms with Crippen LogP contribution in [0.2, 0.25) is 0 Å². The van der Waals surface area contributed by atoms with Crippen LogP contribution in [0.25, 0.3) is 98.7 Å². The Morgan fingerprint density at radius 3 is 1.70 bits per heavy atom. The maximum atomic E-state index is 6.63. The van der Waals surface area contributed by atoms with E-state index in [-0.39, 0.29) is 0 Å². The van der Waals surface area contributed by atoms with Gasteiger partial charge in [-0.3, -0.25) is 0 Å². The van der Waals surface area contributed by atoms with E-state index in [4.69, 9.17) is 4.74 Å². The second-order valence-corrected chi connectivity index (χ2v) is 14.0. The molecular weight excluding hydrogens is 641 g/mol. The van der Waals surface area contributed by atoms with Gasteiger partial charge < -0.3 is 4.74 Å². The number of hydrogen-bond acceptors (Lipinski definition) is 1. The monoisotopic (exact) mass is 672 g/mol. The third kappa shape index (κ3) is 4.71. The summed E-state index contributed by atoms with van der Waals surface area (Å²) in [5.41, 5.74) is 12.0. The van der Waals surface area contributed by atoms with Gasteiger partial charge in [0, 0.05) is 10.9 Å². The summed E-state index contributed by atoms with van der Waals surface area (Å²) in [4.78, 5) is 0. The molecule has 0 bridgehead atoms. The second-order valence-electron chi connectivity index (χ2n) is 14.0. The van der Waals surface area contributed by atoms with Crippen molar-refractivity contribution in [2.45, 2.75) is 0 Å². The normalized spacial score (nSPS) is 11.9. The van der Waals surface area contributed by atoms with E-state index in [2.05, 4.69) is 194 Å². The molecule has 1 heterocycles. The molecule has 0 fully saturated rings. The maximum absolute atomic E-state index is 6.63. The molecule has 0 saturated heterocycles. The van der Waals surface area contributed by atoms with Gasteiger partial charge in [0.05, 0.1) is 0 Å². The summed E-state index contributed by atoms with van der Waals surface area (Å²) in [7, 11) is 0. The van der Waals surface area contributed by atoms with E-state index in [0.29, 0.717) is 0 Å². The van der Waals surface area contributed by atoms with E-state index in [0.717, 1.165) is 28.0 Å². The Bertz CT molecular complexity index is 3070. The lowest BCUT2D eigenvalue weighted by Gasteiger charge is -2.23. The molecule has 0 saturated carbocycles. The fourth-order valence-corrected chi connectivity index (χ4v) is 8.59. The zero-order valence-electron chi connectivity index (χ0n) is 28.9. The maximum Gasteiger partial charge on any atom is 0.135 e. The Balaban J connectivity index is 1.15. The largest absolute Gasteiger partial charge is 0.456 e. The Hall–Kier alpha value is -6.96. The average molecular weight is 673 g/mol. The third-order valence-corrected chi connectivity index (χ3v) is 11.1. The van der Waals surface area contributed by atoms with Crippen LogP contribution in [0.1, 0.15) is 0 Å². The number of fused-ring (bicyclic) bond motifs is 6. The van der Waals surface area contributed by atoms with Crippen molar-refractivity contribution < 1.29 is 4.74 Å². The van der Waals surface area contributed by atoms with Crippen molar-refractivity contribution >= 4 is 43.1 Å². The highest BCUT2D eigenvalue weighted by Crippen LogP contribution is 2.50. The summed E-state index contributed by atoms with van der Waals surface area (Å²) in [6, 6.07) is 70.6. The van der Waals surface area contributed by atoms with Crippen LogP contribution in [0.4, 0.5) is 0 Å². The third-order valence-electron chi connectivity index (χ3n) is 11.1. The smallest absolute Gasteiger partial charge is 0.135 e. The van der Waals surface area contributed by atoms with E-state index < -0.39 is 0 Å². The minimum Gasteiger partial charge on any atom is -0.456 e. The molecule has 1 aliphatic heterocycles. The molecule has 11 rings (SSSR count). The molecule has 10 aromatic carbocycles. The van der Waals surface area contributed by atoms with Crippen LogP contribution in [-0.4, -0.2) is 0 Å². The molecule has 0 aromatic heterocycles. The Labute approximate surface area is 308 Å². The summed E-state index contributed by atoms with van der Waals surface area (Å²) in [5.74, 6) is 1.79. The van der Waals surface area contributed by atoms with Crippen molar-refractivity contribution in [1.29, 1.82) is 0 Å². The first-order chi connectivity index (χ1) is 26.3. The predicted molar refractivity (Wildman–Crippen MR) is 224 cm³/mol. The standard InChI is InChI=1S/C52H32O/c1-3-12-33(13-4-1)40-27-29-50-52-43(40)20-11-21-44(52)47-30-37(24-28-49(47)53-50)36-23-25-41(34-14-5-2-6-15-34)48(31-36)51-42-19-10-8-17-38(42)32-46-39-18-9-7-16-35(39)22-26-45(46)51/h1-32H. The summed E-state index contributed by atoms with van der Waals surface area (Å²) in [6.07, 6.45) is 0. The van der Waals surface area contributed by atoms with Crippen molar-refractivity contribution in [3.63, 3.8) is 0 Å². The fourth-order valence-electron chi connectivity index (χ4n) is 8.59. The summed E-state index contributed by atoms with van der Waals surface area (Å²) >= 11 is 0. The van der Waals surface area contributed by atoms with Gasteiger partial charge in [-0.15, -0.1) is 0 Å². The lowest BCUT2D eigenvalue weighted by Crippen LogP contribution is -1.98. The minimum absolute atomic E-state index is 0.884. The number of ether oxygens (including phenoxy) is 1. The molecule has 0 N–H and O–H groups in total. The molecule has 0 spiro atoms.